The number of fused-ring (bicyclic) bond motifs is 3. The largest absolute Gasteiger partial charge is 0.497 e. The molecule has 0 radical (unpaired) electrons. The lowest BCUT2D eigenvalue weighted by molar-refractivity contribution is 0.0878. The molecule has 7 nitrogen and oxygen atoms in total. The fraction of sp³-hybridized carbons (Fsp3) is 0.552. The lowest BCUT2D eigenvalue weighted by Gasteiger charge is -2.44. The number of carbonyl (C=O) groups excluding carboxylic acids is 1. The number of hydrogen-bond acceptors (Lipinski definition) is 4. The van der Waals surface area contributed by atoms with Gasteiger partial charge in [-0.3, -0.25) is 9.80 Å². The van der Waals surface area contributed by atoms with Gasteiger partial charge in [0, 0.05) is 68.4 Å². The van der Waals surface area contributed by atoms with Gasteiger partial charge in [0.1, 0.15) is 11.5 Å². The number of rotatable bonds is 5. The highest BCUT2D eigenvalue weighted by molar-refractivity contribution is 5.83. The fourth-order valence-corrected chi connectivity index (χ4v) is 6.24. The Morgan fingerprint density at radius 1 is 1.11 bits per heavy atom. The van der Waals surface area contributed by atoms with Crippen LogP contribution in [-0.2, 0) is 20.1 Å². The Hall–Kier alpha value is -2.93. The first kappa shape index (κ1) is 26.1. The fourth-order valence-electron chi connectivity index (χ4n) is 6.24. The van der Waals surface area contributed by atoms with E-state index in [0.717, 1.165) is 55.1 Å². The molecule has 0 aliphatic carbocycles. The van der Waals surface area contributed by atoms with Gasteiger partial charge in [-0.25, -0.2) is 4.79 Å². The van der Waals surface area contributed by atoms with Crippen molar-refractivity contribution in [3.63, 3.8) is 0 Å². The van der Waals surface area contributed by atoms with Crippen molar-refractivity contribution in [3.05, 3.63) is 59.1 Å². The molecular formula is C29H42N4O3. The summed E-state index contributed by atoms with van der Waals surface area (Å²) in [5.41, 5.74) is 4.49. The normalized spacial score (nSPS) is 20.8. The molecule has 2 saturated heterocycles. The third kappa shape index (κ3) is 4.27. The predicted molar refractivity (Wildman–Crippen MR) is 143 cm³/mol. The van der Waals surface area contributed by atoms with Gasteiger partial charge in [-0.05, 0) is 43.5 Å². The molecule has 196 valence electrons. The maximum Gasteiger partial charge on any atom is 0.325 e. The van der Waals surface area contributed by atoms with Gasteiger partial charge in [0.25, 0.3) is 0 Å². The third-order valence-corrected chi connectivity index (χ3v) is 8.03. The molecule has 3 aliphatic heterocycles. The summed E-state index contributed by atoms with van der Waals surface area (Å²) in [6.07, 6.45) is 6.32. The van der Waals surface area contributed by atoms with Crippen molar-refractivity contribution in [3.8, 4) is 11.5 Å². The van der Waals surface area contributed by atoms with Gasteiger partial charge in [0.15, 0.2) is 0 Å². The lowest BCUT2D eigenvalue weighted by atomic mass is 9.82. The Morgan fingerprint density at radius 3 is 2.42 bits per heavy atom. The Labute approximate surface area is 216 Å². The highest BCUT2D eigenvalue weighted by atomic mass is 16.5. The number of hydrogen-bond donors (Lipinski definition) is 0. The summed E-state index contributed by atoms with van der Waals surface area (Å²) in [6.45, 7) is 12.5. The number of methoxy groups -OCH3 is 2. The van der Waals surface area contributed by atoms with Crippen LogP contribution < -0.4 is 9.47 Å². The highest BCUT2D eigenvalue weighted by Crippen LogP contribution is 2.49. The van der Waals surface area contributed by atoms with E-state index in [9.17, 15) is 4.79 Å². The van der Waals surface area contributed by atoms with Crippen LogP contribution in [0.1, 0.15) is 63.3 Å². The van der Waals surface area contributed by atoms with E-state index in [4.69, 9.17) is 9.47 Å². The van der Waals surface area contributed by atoms with Gasteiger partial charge in [0.2, 0.25) is 0 Å². The molecule has 1 atom stereocenters. The average molecular weight is 495 g/mol. The van der Waals surface area contributed by atoms with E-state index < -0.39 is 0 Å². The summed E-state index contributed by atoms with van der Waals surface area (Å²) in [5.74, 6) is 1.72. The quantitative estimate of drug-likeness (QED) is 0.561. The molecule has 1 spiro atoms. The SMILES string of the molecule is CC.CCN1C(=O)N2Cc3cc(OC)cc(OC)c3C(C)C=C2C12CCN(Cc1cccn1C)CC2. The molecule has 4 heterocycles. The molecule has 1 aromatic heterocycles. The number of amides is 2. The van der Waals surface area contributed by atoms with Gasteiger partial charge < -0.3 is 18.9 Å². The molecule has 36 heavy (non-hydrogen) atoms. The number of carbonyl (C=O) groups is 1. The van der Waals surface area contributed by atoms with Crippen molar-refractivity contribution < 1.29 is 14.3 Å². The van der Waals surface area contributed by atoms with Crippen LogP contribution in [0.4, 0.5) is 4.79 Å². The second-order valence-corrected chi connectivity index (χ2v) is 9.77. The van der Waals surface area contributed by atoms with Gasteiger partial charge in [-0.1, -0.05) is 26.8 Å². The smallest absolute Gasteiger partial charge is 0.325 e. The molecule has 0 saturated carbocycles. The van der Waals surface area contributed by atoms with E-state index in [-0.39, 0.29) is 17.5 Å². The zero-order chi connectivity index (χ0) is 26.0. The maximum absolute atomic E-state index is 13.7. The Bertz CT molecular complexity index is 1110. The number of aromatic nitrogens is 1. The van der Waals surface area contributed by atoms with Crippen LogP contribution in [-0.4, -0.2) is 64.7 Å². The Morgan fingerprint density at radius 2 is 1.83 bits per heavy atom. The first-order chi connectivity index (χ1) is 17.4. The number of urea groups is 1. The van der Waals surface area contributed by atoms with E-state index in [0.29, 0.717) is 13.1 Å². The van der Waals surface area contributed by atoms with Crippen LogP contribution in [0, 0.1) is 0 Å². The van der Waals surface area contributed by atoms with Crippen molar-refractivity contribution in [2.45, 2.75) is 65.1 Å². The Kier molecular flexibility index (Phi) is 7.69. The summed E-state index contributed by atoms with van der Waals surface area (Å²) in [4.78, 5) is 20.4. The second-order valence-electron chi connectivity index (χ2n) is 9.77. The number of aryl methyl sites for hydroxylation is 1. The molecule has 1 unspecified atom stereocenters. The number of likely N-dealkylation sites (tertiary alicyclic amines) is 1. The molecule has 1 aromatic carbocycles. The van der Waals surface area contributed by atoms with Crippen molar-refractivity contribution in [1.82, 2.24) is 19.3 Å². The van der Waals surface area contributed by atoms with Crippen LogP contribution in [0.5, 0.6) is 11.5 Å². The Balaban J connectivity index is 0.00000148. The maximum atomic E-state index is 13.7. The highest BCUT2D eigenvalue weighted by Gasteiger charge is 2.54. The number of ether oxygens (including phenoxy) is 2. The van der Waals surface area contributed by atoms with E-state index in [1.807, 2.05) is 24.8 Å². The topological polar surface area (TPSA) is 50.2 Å². The number of piperidine rings is 1. The van der Waals surface area contributed by atoms with Crippen LogP contribution in [0.2, 0.25) is 0 Å². The van der Waals surface area contributed by atoms with Gasteiger partial charge >= 0.3 is 6.03 Å². The van der Waals surface area contributed by atoms with Crippen LogP contribution in [0.15, 0.2) is 42.2 Å². The molecule has 2 aromatic rings. The average Bonchev–Trinajstić information content (AvgIpc) is 3.33. The summed E-state index contributed by atoms with van der Waals surface area (Å²) in [6, 6.07) is 8.42. The lowest BCUT2D eigenvalue weighted by Crippen LogP contribution is -2.53. The van der Waals surface area contributed by atoms with Crippen LogP contribution >= 0.6 is 0 Å². The van der Waals surface area contributed by atoms with E-state index in [2.05, 4.69) is 65.7 Å². The molecule has 0 bridgehead atoms. The van der Waals surface area contributed by atoms with E-state index in [1.165, 1.54) is 11.4 Å². The van der Waals surface area contributed by atoms with Crippen molar-refractivity contribution in [1.29, 1.82) is 0 Å². The summed E-state index contributed by atoms with van der Waals surface area (Å²) in [5, 5.41) is 0. The number of allylic oxidation sites excluding steroid dienone is 1. The van der Waals surface area contributed by atoms with Crippen LogP contribution in [0.25, 0.3) is 0 Å². The zero-order valence-corrected chi connectivity index (χ0v) is 23.0. The molecule has 2 amide bonds. The molecule has 2 fully saturated rings. The van der Waals surface area contributed by atoms with Gasteiger partial charge in [0.05, 0.1) is 26.3 Å². The van der Waals surface area contributed by atoms with Crippen molar-refractivity contribution >= 4 is 6.03 Å². The molecule has 3 aliphatic rings. The molecular weight excluding hydrogens is 452 g/mol. The first-order valence-electron chi connectivity index (χ1n) is 13.3. The summed E-state index contributed by atoms with van der Waals surface area (Å²) in [7, 11) is 5.48. The minimum atomic E-state index is -0.246. The molecule has 5 rings (SSSR count). The first-order valence-corrected chi connectivity index (χ1v) is 13.3. The molecule has 7 heteroatoms. The minimum Gasteiger partial charge on any atom is -0.497 e. The van der Waals surface area contributed by atoms with E-state index >= 15 is 0 Å². The van der Waals surface area contributed by atoms with Gasteiger partial charge in [-0.2, -0.15) is 0 Å². The van der Waals surface area contributed by atoms with Crippen molar-refractivity contribution in [2.24, 2.45) is 7.05 Å². The van der Waals surface area contributed by atoms with Crippen LogP contribution in [0.3, 0.4) is 0 Å². The van der Waals surface area contributed by atoms with Crippen molar-refractivity contribution in [2.75, 3.05) is 33.9 Å². The second kappa shape index (κ2) is 10.6. The predicted octanol–water partition coefficient (Wildman–Crippen LogP) is 5.36. The standard InChI is InChI=1S/C27H36N4O3.C2H6/c1-6-31-26(32)30-17-20-15-22(33-4)16-23(34-5)25(20)19(2)14-24(30)27(31)9-12-29(13-10-27)18-21-8-7-11-28(21)3;1-2/h7-8,11,14-16,19H,6,9-10,12-13,17-18H2,1-5H3;1-2H3. The van der Waals surface area contributed by atoms with Gasteiger partial charge in [-0.15, -0.1) is 0 Å². The molecule has 0 N–H and O–H groups in total. The minimum absolute atomic E-state index is 0.117. The zero-order valence-electron chi connectivity index (χ0n) is 23.0. The third-order valence-electron chi connectivity index (χ3n) is 8.03. The summed E-state index contributed by atoms with van der Waals surface area (Å²) >= 11 is 0. The number of likely N-dealkylation sites (N-methyl/N-ethyl adjacent to an activating group) is 1. The summed E-state index contributed by atoms with van der Waals surface area (Å²) < 4.78 is 13.5. The number of benzene rings is 1. The monoisotopic (exact) mass is 494 g/mol. The number of nitrogens with zero attached hydrogens (tertiary/aromatic N) is 4. The van der Waals surface area contributed by atoms with E-state index in [1.54, 1.807) is 14.2 Å².